The van der Waals surface area contributed by atoms with Crippen LogP contribution in [0.3, 0.4) is 0 Å². The minimum Gasteiger partial charge on any atom is -0.506 e. The Morgan fingerprint density at radius 1 is 1.35 bits per heavy atom. The molecule has 1 heterocycles. The lowest BCUT2D eigenvalue weighted by Gasteiger charge is -2.40. The molecule has 0 radical (unpaired) electrons. The van der Waals surface area contributed by atoms with Crippen LogP contribution in [0.5, 0.6) is 5.75 Å². The van der Waals surface area contributed by atoms with Crippen molar-refractivity contribution in [1.29, 1.82) is 0 Å². The summed E-state index contributed by atoms with van der Waals surface area (Å²) < 4.78 is 0. The van der Waals surface area contributed by atoms with Gasteiger partial charge in [-0.05, 0) is 18.6 Å². The molecule has 1 aliphatic carbocycles. The van der Waals surface area contributed by atoms with Crippen LogP contribution in [0.15, 0.2) is 12.1 Å². The molecular weight excluding hydrogens is 303 g/mol. The van der Waals surface area contributed by atoms with Gasteiger partial charge in [-0.1, -0.05) is 23.2 Å². The van der Waals surface area contributed by atoms with Gasteiger partial charge in [0.2, 0.25) is 5.91 Å². The summed E-state index contributed by atoms with van der Waals surface area (Å²) >= 11 is 11.6. The third-order valence-electron chi connectivity index (χ3n) is 4.09. The maximum Gasteiger partial charge on any atom is 0.257 e. The molecular formula is C13H12Cl2N2O3. The predicted molar refractivity (Wildman–Crippen MR) is 73.8 cm³/mol. The van der Waals surface area contributed by atoms with Gasteiger partial charge in [-0.25, -0.2) is 0 Å². The Balaban J connectivity index is 1.75. The zero-order valence-electron chi connectivity index (χ0n) is 10.4. The van der Waals surface area contributed by atoms with E-state index in [-0.39, 0.29) is 44.5 Å². The first-order valence-corrected chi connectivity index (χ1v) is 6.86. The van der Waals surface area contributed by atoms with E-state index in [1.165, 1.54) is 12.1 Å². The van der Waals surface area contributed by atoms with E-state index in [0.717, 1.165) is 6.42 Å². The van der Waals surface area contributed by atoms with Crippen LogP contribution in [0.2, 0.25) is 10.0 Å². The number of amides is 2. The molecule has 20 heavy (non-hydrogen) atoms. The van der Waals surface area contributed by atoms with Crippen LogP contribution >= 0.6 is 23.2 Å². The Morgan fingerprint density at radius 2 is 2.00 bits per heavy atom. The molecule has 1 unspecified atom stereocenters. The molecule has 1 aromatic carbocycles. The van der Waals surface area contributed by atoms with Gasteiger partial charge in [-0.3, -0.25) is 9.59 Å². The number of primary amides is 1. The van der Waals surface area contributed by atoms with E-state index in [1.54, 1.807) is 4.90 Å². The van der Waals surface area contributed by atoms with E-state index in [4.69, 9.17) is 28.9 Å². The number of benzene rings is 1. The second kappa shape index (κ2) is 4.27. The zero-order chi connectivity index (χ0) is 14.7. The molecule has 3 rings (SSSR count). The van der Waals surface area contributed by atoms with Gasteiger partial charge >= 0.3 is 0 Å². The lowest BCUT2D eigenvalue weighted by molar-refractivity contribution is -0.120. The minimum absolute atomic E-state index is 0.0394. The van der Waals surface area contributed by atoms with E-state index < -0.39 is 0 Å². The first kappa shape index (κ1) is 13.5. The molecule has 106 valence electrons. The molecule has 1 spiro atoms. The summed E-state index contributed by atoms with van der Waals surface area (Å²) in [5.74, 6) is -1.06. The number of halogens is 2. The fourth-order valence-electron chi connectivity index (χ4n) is 2.86. The maximum atomic E-state index is 12.3. The molecule has 1 aromatic rings. The van der Waals surface area contributed by atoms with Crippen molar-refractivity contribution in [3.63, 3.8) is 0 Å². The number of nitrogens with two attached hydrogens (primary N) is 1. The number of phenolic OH excluding ortho intramolecular Hbond substituents is 1. The molecule has 0 bridgehead atoms. The average molecular weight is 315 g/mol. The molecule has 1 saturated carbocycles. The Bertz CT molecular complexity index is 626. The van der Waals surface area contributed by atoms with Crippen molar-refractivity contribution >= 4 is 35.0 Å². The average Bonchev–Trinajstić information content (AvgIpc) is 3.06. The second-order valence-corrected chi connectivity index (χ2v) is 6.31. The normalized spacial score (nSPS) is 22.5. The quantitative estimate of drug-likeness (QED) is 0.870. The molecule has 3 N–H and O–H groups in total. The summed E-state index contributed by atoms with van der Waals surface area (Å²) in [6.45, 7) is 0.950. The summed E-state index contributed by atoms with van der Waals surface area (Å²) in [7, 11) is 0. The van der Waals surface area contributed by atoms with E-state index in [2.05, 4.69) is 0 Å². The second-order valence-electron chi connectivity index (χ2n) is 5.47. The van der Waals surface area contributed by atoms with Gasteiger partial charge in [0, 0.05) is 29.4 Å². The van der Waals surface area contributed by atoms with Crippen molar-refractivity contribution < 1.29 is 14.7 Å². The van der Waals surface area contributed by atoms with Gasteiger partial charge in [0.1, 0.15) is 5.75 Å². The van der Waals surface area contributed by atoms with E-state index in [1.807, 2.05) is 0 Å². The highest BCUT2D eigenvalue weighted by Gasteiger charge is 2.64. The van der Waals surface area contributed by atoms with E-state index in [9.17, 15) is 14.7 Å². The van der Waals surface area contributed by atoms with Crippen molar-refractivity contribution in [3.8, 4) is 5.75 Å². The predicted octanol–water partition coefficient (Wildman–Crippen LogP) is 1.65. The first-order valence-electron chi connectivity index (χ1n) is 6.11. The zero-order valence-corrected chi connectivity index (χ0v) is 11.9. The summed E-state index contributed by atoms with van der Waals surface area (Å²) in [5.41, 5.74) is 5.20. The summed E-state index contributed by atoms with van der Waals surface area (Å²) in [4.78, 5) is 24.9. The van der Waals surface area contributed by atoms with Crippen molar-refractivity contribution in [3.05, 3.63) is 27.7 Å². The fourth-order valence-corrected chi connectivity index (χ4v) is 3.35. The minimum atomic E-state index is -0.340. The SMILES string of the molecule is NC(=O)C1CC12CN(C(=O)c1cc(Cl)cc(Cl)c1O)C2. The molecule has 1 aliphatic heterocycles. The molecule has 2 fully saturated rings. The summed E-state index contributed by atoms with van der Waals surface area (Å²) in [6.07, 6.45) is 0.731. The molecule has 2 amide bonds. The highest BCUT2D eigenvalue weighted by Crippen LogP contribution is 2.58. The Hall–Kier alpha value is -1.46. The highest BCUT2D eigenvalue weighted by molar-refractivity contribution is 6.36. The molecule has 2 aliphatic rings. The van der Waals surface area contributed by atoms with Crippen LogP contribution in [0.4, 0.5) is 0 Å². The van der Waals surface area contributed by atoms with Crippen LogP contribution in [0.25, 0.3) is 0 Å². The van der Waals surface area contributed by atoms with Crippen LogP contribution in [-0.4, -0.2) is 34.9 Å². The van der Waals surface area contributed by atoms with Crippen molar-refractivity contribution in [2.45, 2.75) is 6.42 Å². The van der Waals surface area contributed by atoms with Gasteiger partial charge in [0.25, 0.3) is 5.91 Å². The van der Waals surface area contributed by atoms with Gasteiger partial charge < -0.3 is 15.7 Å². The number of rotatable bonds is 2. The molecule has 5 nitrogen and oxygen atoms in total. The number of nitrogens with zero attached hydrogens (tertiary/aromatic N) is 1. The smallest absolute Gasteiger partial charge is 0.257 e. The van der Waals surface area contributed by atoms with Crippen LogP contribution < -0.4 is 5.73 Å². The highest BCUT2D eigenvalue weighted by atomic mass is 35.5. The number of carbonyl (C=O) groups excluding carboxylic acids is 2. The number of carbonyl (C=O) groups is 2. The maximum absolute atomic E-state index is 12.3. The third-order valence-corrected chi connectivity index (χ3v) is 4.60. The summed E-state index contributed by atoms with van der Waals surface area (Å²) in [5, 5.41) is 10.2. The van der Waals surface area contributed by atoms with Crippen molar-refractivity contribution in [2.24, 2.45) is 17.1 Å². The lowest BCUT2D eigenvalue weighted by Crippen LogP contribution is -2.53. The first-order chi connectivity index (χ1) is 9.34. The van der Waals surface area contributed by atoms with Crippen molar-refractivity contribution in [2.75, 3.05) is 13.1 Å². The number of likely N-dealkylation sites (tertiary alicyclic amines) is 1. The van der Waals surface area contributed by atoms with Crippen molar-refractivity contribution in [1.82, 2.24) is 4.90 Å². The van der Waals surface area contributed by atoms with Gasteiger partial charge in [0.05, 0.1) is 10.6 Å². The fraction of sp³-hybridized carbons (Fsp3) is 0.385. The standard InChI is InChI=1S/C13H12Cl2N2O3/c14-6-1-7(10(18)9(15)2-6)12(20)17-4-13(5-17)3-8(13)11(16)19/h1-2,8,18H,3-5H2,(H2,16,19). The summed E-state index contributed by atoms with van der Waals surface area (Å²) in [6, 6.07) is 2.76. The van der Waals surface area contributed by atoms with Gasteiger partial charge in [0.15, 0.2) is 0 Å². The molecule has 0 aromatic heterocycles. The van der Waals surface area contributed by atoms with E-state index in [0.29, 0.717) is 13.1 Å². The Kier molecular flexibility index (Phi) is 2.88. The van der Waals surface area contributed by atoms with Crippen LogP contribution in [0, 0.1) is 11.3 Å². The number of phenols is 1. The monoisotopic (exact) mass is 314 g/mol. The largest absolute Gasteiger partial charge is 0.506 e. The number of aromatic hydroxyl groups is 1. The third kappa shape index (κ3) is 1.93. The Morgan fingerprint density at radius 3 is 2.55 bits per heavy atom. The lowest BCUT2D eigenvalue weighted by atomic mass is 9.92. The van der Waals surface area contributed by atoms with Gasteiger partial charge in [-0.15, -0.1) is 0 Å². The molecule has 1 atom stereocenters. The number of hydrogen-bond acceptors (Lipinski definition) is 3. The van der Waals surface area contributed by atoms with Gasteiger partial charge in [-0.2, -0.15) is 0 Å². The van der Waals surface area contributed by atoms with Crippen LogP contribution in [0.1, 0.15) is 16.8 Å². The number of hydrogen-bond donors (Lipinski definition) is 2. The molecule has 7 heteroatoms. The van der Waals surface area contributed by atoms with E-state index >= 15 is 0 Å². The molecule has 1 saturated heterocycles. The topological polar surface area (TPSA) is 83.6 Å². The Labute approximate surface area is 125 Å². The van der Waals surface area contributed by atoms with Crippen LogP contribution in [-0.2, 0) is 4.79 Å².